The number of hydrogen-bond acceptors (Lipinski definition) is 9. The zero-order valence-corrected chi connectivity index (χ0v) is 18.8. The summed E-state index contributed by atoms with van der Waals surface area (Å²) in [6.45, 7) is 0. The predicted molar refractivity (Wildman–Crippen MR) is 121 cm³/mol. The van der Waals surface area contributed by atoms with E-state index in [1.807, 2.05) is 0 Å². The lowest BCUT2D eigenvalue weighted by molar-refractivity contribution is 0.481. The van der Waals surface area contributed by atoms with Crippen LogP contribution in [0.3, 0.4) is 0 Å². The topological polar surface area (TPSA) is 138 Å². The fraction of sp³-hybridized carbons (Fsp3) is 0.0556. The van der Waals surface area contributed by atoms with Crippen molar-refractivity contribution in [2.75, 3.05) is 11.0 Å². The largest absolute Gasteiger partial charge is 0.507 e. The average Bonchev–Trinajstić information content (AvgIpc) is 3.08. The lowest BCUT2D eigenvalue weighted by atomic mass is 10.1. The van der Waals surface area contributed by atoms with Gasteiger partial charge in [-0.25, -0.2) is 21.8 Å². The SMILES string of the molecule is CS(=O)(=O)Nc1cccc2c(O)ccc(/N=N/c3nc4ccc(S(=O)(=O)Cl)cc4s3)c12. The molecule has 0 unspecified atom stereocenters. The molecule has 0 atom stereocenters. The number of fused-ring (bicyclic) bond motifs is 2. The van der Waals surface area contributed by atoms with E-state index < -0.39 is 19.1 Å². The van der Waals surface area contributed by atoms with E-state index in [1.165, 1.54) is 30.3 Å². The number of benzene rings is 3. The molecule has 1 aromatic heterocycles. The summed E-state index contributed by atoms with van der Waals surface area (Å²) in [7, 11) is -2.06. The van der Waals surface area contributed by atoms with Gasteiger partial charge < -0.3 is 5.11 Å². The van der Waals surface area contributed by atoms with Crippen LogP contribution in [0.5, 0.6) is 5.75 Å². The highest BCUT2D eigenvalue weighted by Gasteiger charge is 2.14. The molecular weight excluding hydrogens is 484 g/mol. The average molecular weight is 497 g/mol. The number of halogens is 1. The number of thiazole rings is 1. The van der Waals surface area contributed by atoms with Crippen molar-refractivity contribution >= 4 is 78.6 Å². The zero-order chi connectivity index (χ0) is 22.4. The van der Waals surface area contributed by atoms with E-state index in [1.54, 1.807) is 18.2 Å². The van der Waals surface area contributed by atoms with Crippen molar-refractivity contribution in [2.24, 2.45) is 10.2 Å². The Hall–Kier alpha value is -2.80. The second kappa shape index (κ2) is 7.71. The lowest BCUT2D eigenvalue weighted by Crippen LogP contribution is -2.09. The fourth-order valence-corrected chi connectivity index (χ4v) is 5.17. The van der Waals surface area contributed by atoms with E-state index >= 15 is 0 Å². The molecule has 31 heavy (non-hydrogen) atoms. The molecule has 0 aliphatic heterocycles. The van der Waals surface area contributed by atoms with Gasteiger partial charge in [0.15, 0.2) is 0 Å². The molecule has 0 saturated carbocycles. The molecular formula is C18H13ClN4O5S3. The molecule has 0 saturated heterocycles. The van der Waals surface area contributed by atoms with Crippen LogP contribution in [-0.2, 0) is 19.1 Å². The summed E-state index contributed by atoms with van der Waals surface area (Å²) in [6, 6.07) is 12.0. The van der Waals surface area contributed by atoms with Gasteiger partial charge in [-0.15, -0.1) is 10.2 Å². The third kappa shape index (κ3) is 4.61. The highest BCUT2D eigenvalue weighted by atomic mass is 35.7. The Kier molecular flexibility index (Phi) is 5.33. The summed E-state index contributed by atoms with van der Waals surface area (Å²) in [6.07, 6.45) is 1.02. The van der Waals surface area contributed by atoms with Crippen LogP contribution in [0, 0.1) is 0 Å². The molecule has 1 heterocycles. The Labute approximate surface area is 185 Å². The van der Waals surface area contributed by atoms with E-state index in [2.05, 4.69) is 19.9 Å². The molecule has 0 amide bonds. The molecule has 3 aromatic carbocycles. The Balaban J connectivity index is 1.80. The first kappa shape index (κ1) is 21.4. The maximum Gasteiger partial charge on any atom is 0.261 e. The number of phenols is 1. The number of nitrogens with zero attached hydrogens (tertiary/aromatic N) is 3. The van der Waals surface area contributed by atoms with Gasteiger partial charge >= 0.3 is 0 Å². The van der Waals surface area contributed by atoms with E-state index in [4.69, 9.17) is 10.7 Å². The summed E-state index contributed by atoms with van der Waals surface area (Å²) in [5.74, 6) is -0.0408. The third-order valence-corrected chi connectivity index (χ3v) is 7.01. The minimum absolute atomic E-state index is 0.0408. The smallest absolute Gasteiger partial charge is 0.261 e. The number of azo groups is 1. The number of rotatable bonds is 5. The summed E-state index contributed by atoms with van der Waals surface area (Å²) in [5, 5.41) is 19.5. The summed E-state index contributed by atoms with van der Waals surface area (Å²) < 4.78 is 49.5. The van der Waals surface area contributed by atoms with Crippen molar-refractivity contribution in [1.82, 2.24) is 4.98 Å². The number of sulfonamides is 1. The summed E-state index contributed by atoms with van der Waals surface area (Å²) in [4.78, 5) is 4.24. The van der Waals surface area contributed by atoms with Crippen molar-refractivity contribution in [3.05, 3.63) is 48.5 Å². The van der Waals surface area contributed by atoms with Crippen LogP contribution in [-0.4, -0.2) is 33.2 Å². The van der Waals surface area contributed by atoms with E-state index in [0.717, 1.165) is 17.6 Å². The molecule has 160 valence electrons. The van der Waals surface area contributed by atoms with Gasteiger partial charge in [-0.05, 0) is 36.4 Å². The van der Waals surface area contributed by atoms with E-state index in [0.29, 0.717) is 26.7 Å². The molecule has 0 spiro atoms. The van der Waals surface area contributed by atoms with Crippen molar-refractivity contribution < 1.29 is 21.9 Å². The molecule has 13 heteroatoms. The monoisotopic (exact) mass is 496 g/mol. The Morgan fingerprint density at radius 1 is 1.06 bits per heavy atom. The third-order valence-electron chi connectivity index (χ3n) is 4.16. The maximum atomic E-state index is 11.7. The first-order valence-corrected chi connectivity index (χ1v) is 13.5. The Morgan fingerprint density at radius 3 is 2.55 bits per heavy atom. The number of aromatic hydroxyl groups is 1. The number of hydrogen-bond donors (Lipinski definition) is 2. The molecule has 4 aromatic rings. The van der Waals surface area contributed by atoms with Crippen LogP contribution in [0.1, 0.15) is 0 Å². The zero-order valence-electron chi connectivity index (χ0n) is 15.6. The number of phenolic OH excluding ortho intramolecular Hbond substituents is 1. The highest BCUT2D eigenvalue weighted by Crippen LogP contribution is 2.39. The normalized spacial score (nSPS) is 12.7. The highest BCUT2D eigenvalue weighted by molar-refractivity contribution is 8.13. The Morgan fingerprint density at radius 2 is 1.84 bits per heavy atom. The van der Waals surface area contributed by atoms with Gasteiger partial charge in [0.25, 0.3) is 9.05 Å². The van der Waals surface area contributed by atoms with Crippen LogP contribution in [0.2, 0.25) is 0 Å². The van der Waals surface area contributed by atoms with Crippen LogP contribution in [0.15, 0.2) is 63.7 Å². The van der Waals surface area contributed by atoms with Crippen LogP contribution in [0.4, 0.5) is 16.5 Å². The maximum absolute atomic E-state index is 11.7. The quantitative estimate of drug-likeness (QED) is 0.298. The molecule has 0 bridgehead atoms. The lowest BCUT2D eigenvalue weighted by Gasteiger charge is -2.10. The van der Waals surface area contributed by atoms with Gasteiger partial charge in [0, 0.05) is 21.5 Å². The Bertz CT molecular complexity index is 1580. The minimum atomic E-state index is -3.87. The fourth-order valence-electron chi connectivity index (χ4n) is 2.92. The second-order valence-corrected chi connectivity index (χ2v) is 11.8. The van der Waals surface area contributed by atoms with Crippen LogP contribution < -0.4 is 4.72 Å². The van der Waals surface area contributed by atoms with Gasteiger partial charge in [-0.2, -0.15) is 0 Å². The number of anilines is 1. The van der Waals surface area contributed by atoms with Crippen molar-refractivity contribution in [3.8, 4) is 5.75 Å². The molecule has 9 nitrogen and oxygen atoms in total. The van der Waals surface area contributed by atoms with Crippen LogP contribution in [0.25, 0.3) is 21.0 Å². The summed E-state index contributed by atoms with van der Waals surface area (Å²) >= 11 is 1.11. The van der Waals surface area contributed by atoms with Gasteiger partial charge in [-0.1, -0.05) is 23.5 Å². The minimum Gasteiger partial charge on any atom is -0.507 e. The van der Waals surface area contributed by atoms with Crippen molar-refractivity contribution in [3.63, 3.8) is 0 Å². The molecule has 0 aliphatic rings. The standard InChI is InChI=1S/C18H13ClN4O5S3/c1-30(25,26)23-14-4-2-3-11-15(24)8-7-13(17(11)14)21-22-18-20-12-6-5-10(31(19,27)28)9-16(12)29-18/h2-9,23-24H,1H3/b22-21+. The molecule has 0 aliphatic carbocycles. The summed E-state index contributed by atoms with van der Waals surface area (Å²) in [5.41, 5.74) is 1.08. The molecule has 4 rings (SSSR count). The number of aromatic nitrogens is 1. The predicted octanol–water partition coefficient (Wildman–Crippen LogP) is 4.87. The van der Waals surface area contributed by atoms with E-state index in [-0.39, 0.29) is 21.5 Å². The van der Waals surface area contributed by atoms with Crippen LogP contribution >= 0.6 is 22.0 Å². The molecule has 2 N–H and O–H groups in total. The van der Waals surface area contributed by atoms with Gasteiger partial charge in [-0.3, -0.25) is 4.72 Å². The van der Waals surface area contributed by atoms with E-state index in [9.17, 15) is 21.9 Å². The van der Waals surface area contributed by atoms with Crippen molar-refractivity contribution in [2.45, 2.75) is 4.90 Å². The molecule has 0 fully saturated rings. The van der Waals surface area contributed by atoms with Gasteiger partial charge in [0.2, 0.25) is 15.2 Å². The van der Waals surface area contributed by atoms with Gasteiger partial charge in [0.05, 0.1) is 32.7 Å². The first-order valence-electron chi connectivity index (χ1n) is 8.51. The van der Waals surface area contributed by atoms with Gasteiger partial charge in [0.1, 0.15) is 5.75 Å². The first-order chi connectivity index (χ1) is 14.5. The second-order valence-electron chi connectivity index (χ2n) is 6.47. The molecule has 0 radical (unpaired) electrons. The number of nitrogens with one attached hydrogen (secondary N) is 1. The van der Waals surface area contributed by atoms with Crippen molar-refractivity contribution in [1.29, 1.82) is 0 Å².